The molecule has 2 N–H and O–H groups in total. The Hall–Kier alpha value is -1.81. The lowest BCUT2D eigenvalue weighted by Gasteiger charge is -2.10. The van der Waals surface area contributed by atoms with Gasteiger partial charge in [0.05, 0.1) is 24.5 Å². The van der Waals surface area contributed by atoms with Gasteiger partial charge in [-0.25, -0.2) is 13.6 Å². The number of halogens is 2. The molecule has 24 heavy (non-hydrogen) atoms. The lowest BCUT2D eigenvalue weighted by atomic mass is 10.1. The average molecular weight is 351 g/mol. The Bertz CT molecular complexity index is 497. The summed E-state index contributed by atoms with van der Waals surface area (Å²) >= 11 is 0. The standard InChI is InChI=1S/C10H11F2NO3.C5H12O3/c1-16-3-2-13-9-5-8(12)7(11)4-6(9)10(14)15;1-6-4-5(7-2)8-3/h4-5,13H,2-3H2,1H3,(H,14,15);5H,4H2,1-3H3. The van der Waals surface area contributed by atoms with Crippen LogP contribution < -0.4 is 5.32 Å². The predicted molar refractivity (Wildman–Crippen MR) is 83.4 cm³/mol. The van der Waals surface area contributed by atoms with Gasteiger partial charge in [-0.2, -0.15) is 0 Å². The van der Waals surface area contributed by atoms with E-state index in [1.54, 1.807) is 21.3 Å². The number of benzene rings is 1. The van der Waals surface area contributed by atoms with Crippen LogP contribution in [0.25, 0.3) is 0 Å². The second-order valence-electron chi connectivity index (χ2n) is 4.39. The number of carboxylic acid groups (broad SMARTS) is 1. The van der Waals surface area contributed by atoms with Gasteiger partial charge in [0.2, 0.25) is 0 Å². The van der Waals surface area contributed by atoms with Crippen LogP contribution in [0, 0.1) is 11.6 Å². The minimum absolute atomic E-state index is 0.0310. The third kappa shape index (κ3) is 8.16. The molecule has 1 rings (SSSR count). The van der Waals surface area contributed by atoms with Crippen LogP contribution in [-0.4, -0.2) is 65.6 Å². The largest absolute Gasteiger partial charge is 0.478 e. The van der Waals surface area contributed by atoms with E-state index >= 15 is 0 Å². The van der Waals surface area contributed by atoms with Gasteiger partial charge in [0.15, 0.2) is 17.9 Å². The fourth-order valence-corrected chi connectivity index (χ4v) is 1.53. The van der Waals surface area contributed by atoms with Crippen molar-refractivity contribution in [3.05, 3.63) is 29.3 Å². The Balaban J connectivity index is 0.000000561. The van der Waals surface area contributed by atoms with Crippen LogP contribution in [-0.2, 0) is 18.9 Å². The molecule has 0 aliphatic carbocycles. The molecule has 1 aromatic carbocycles. The monoisotopic (exact) mass is 351 g/mol. The fourth-order valence-electron chi connectivity index (χ4n) is 1.53. The molecule has 0 unspecified atom stereocenters. The van der Waals surface area contributed by atoms with Crippen LogP contribution in [0.3, 0.4) is 0 Å². The molecule has 0 radical (unpaired) electrons. The molecular formula is C15H23F2NO6. The summed E-state index contributed by atoms with van der Waals surface area (Å²) < 4.78 is 44.8. The van der Waals surface area contributed by atoms with Gasteiger partial charge in [0.1, 0.15) is 0 Å². The summed E-state index contributed by atoms with van der Waals surface area (Å²) in [6, 6.07) is 1.46. The van der Waals surface area contributed by atoms with E-state index in [-0.39, 0.29) is 17.5 Å². The zero-order valence-corrected chi connectivity index (χ0v) is 14.1. The summed E-state index contributed by atoms with van der Waals surface area (Å²) in [6.45, 7) is 1.12. The molecule has 7 nitrogen and oxygen atoms in total. The summed E-state index contributed by atoms with van der Waals surface area (Å²) in [5.41, 5.74) is -0.279. The number of hydrogen-bond donors (Lipinski definition) is 2. The normalized spacial score (nSPS) is 10.3. The van der Waals surface area contributed by atoms with E-state index in [1.807, 2.05) is 0 Å². The van der Waals surface area contributed by atoms with E-state index in [1.165, 1.54) is 7.11 Å². The number of rotatable bonds is 9. The summed E-state index contributed by atoms with van der Waals surface area (Å²) in [5.74, 6) is -3.60. The Morgan fingerprint density at radius 3 is 2.12 bits per heavy atom. The quantitative estimate of drug-likeness (QED) is 0.520. The van der Waals surface area contributed by atoms with E-state index in [2.05, 4.69) is 5.32 Å². The van der Waals surface area contributed by atoms with E-state index in [4.69, 9.17) is 24.1 Å². The van der Waals surface area contributed by atoms with Crippen molar-refractivity contribution >= 4 is 11.7 Å². The lowest BCUT2D eigenvalue weighted by molar-refractivity contribution is -0.133. The van der Waals surface area contributed by atoms with Crippen LogP contribution in [0.1, 0.15) is 10.4 Å². The molecule has 0 amide bonds. The van der Waals surface area contributed by atoms with Crippen molar-refractivity contribution in [2.75, 3.05) is 53.5 Å². The molecule has 1 aromatic rings. The number of ether oxygens (including phenoxy) is 4. The lowest BCUT2D eigenvalue weighted by Crippen LogP contribution is -2.18. The molecule has 0 spiro atoms. The van der Waals surface area contributed by atoms with Crippen molar-refractivity contribution in [2.45, 2.75) is 6.29 Å². The van der Waals surface area contributed by atoms with Gasteiger partial charge < -0.3 is 29.4 Å². The Kier molecular flexibility index (Phi) is 11.6. The molecule has 0 heterocycles. The predicted octanol–water partition coefficient (Wildman–Crippen LogP) is 1.97. The van der Waals surface area contributed by atoms with Crippen molar-refractivity contribution in [3.8, 4) is 0 Å². The molecule has 0 fully saturated rings. The van der Waals surface area contributed by atoms with Crippen molar-refractivity contribution in [2.24, 2.45) is 0 Å². The first kappa shape index (κ1) is 22.2. The van der Waals surface area contributed by atoms with Gasteiger partial charge in [0.25, 0.3) is 0 Å². The van der Waals surface area contributed by atoms with Gasteiger partial charge in [-0.05, 0) is 6.07 Å². The molecule has 0 atom stereocenters. The highest BCUT2D eigenvalue weighted by Gasteiger charge is 2.14. The molecule has 9 heteroatoms. The zero-order chi connectivity index (χ0) is 18.5. The Morgan fingerprint density at radius 2 is 1.71 bits per heavy atom. The van der Waals surface area contributed by atoms with Crippen LogP contribution in [0.5, 0.6) is 0 Å². The van der Waals surface area contributed by atoms with E-state index in [0.29, 0.717) is 25.8 Å². The number of nitrogens with one attached hydrogen (secondary N) is 1. The van der Waals surface area contributed by atoms with Gasteiger partial charge in [0, 0.05) is 41.1 Å². The first-order valence-electron chi connectivity index (χ1n) is 6.90. The third-order valence-electron chi connectivity index (χ3n) is 2.74. The minimum atomic E-state index is -1.32. The number of aromatic carboxylic acids is 1. The summed E-state index contributed by atoms with van der Waals surface area (Å²) in [7, 11) is 6.23. The molecular weight excluding hydrogens is 328 g/mol. The smallest absolute Gasteiger partial charge is 0.337 e. The topological polar surface area (TPSA) is 86.3 Å². The maximum atomic E-state index is 12.9. The maximum absolute atomic E-state index is 12.9. The molecule has 0 saturated heterocycles. The SMILES string of the molecule is COCC(OC)OC.COCCNc1cc(F)c(F)cc1C(=O)O. The van der Waals surface area contributed by atoms with Crippen LogP contribution in [0.4, 0.5) is 14.5 Å². The van der Waals surface area contributed by atoms with Crippen LogP contribution >= 0.6 is 0 Å². The van der Waals surface area contributed by atoms with Crippen LogP contribution in [0.15, 0.2) is 12.1 Å². The average Bonchev–Trinajstić information content (AvgIpc) is 2.56. The number of methoxy groups -OCH3 is 4. The highest BCUT2D eigenvalue weighted by atomic mass is 19.2. The van der Waals surface area contributed by atoms with Crippen molar-refractivity contribution in [1.82, 2.24) is 0 Å². The number of carbonyl (C=O) groups is 1. The van der Waals surface area contributed by atoms with Gasteiger partial charge >= 0.3 is 5.97 Å². The van der Waals surface area contributed by atoms with Crippen molar-refractivity contribution < 1.29 is 37.6 Å². The zero-order valence-electron chi connectivity index (χ0n) is 14.1. The molecule has 0 aromatic heterocycles. The summed E-state index contributed by atoms with van der Waals surface area (Å²) in [5, 5.41) is 11.4. The number of anilines is 1. The highest BCUT2D eigenvalue weighted by molar-refractivity contribution is 5.94. The Morgan fingerprint density at radius 1 is 1.12 bits per heavy atom. The number of carboxylic acids is 1. The molecule has 0 aliphatic rings. The summed E-state index contributed by atoms with van der Waals surface area (Å²) in [6.07, 6.45) is -0.222. The highest BCUT2D eigenvalue weighted by Crippen LogP contribution is 2.19. The fraction of sp³-hybridized carbons (Fsp3) is 0.533. The van der Waals surface area contributed by atoms with Gasteiger partial charge in [-0.15, -0.1) is 0 Å². The van der Waals surface area contributed by atoms with Gasteiger partial charge in [-0.1, -0.05) is 0 Å². The van der Waals surface area contributed by atoms with E-state index < -0.39 is 17.6 Å². The molecule has 138 valence electrons. The number of hydrogen-bond acceptors (Lipinski definition) is 6. The summed E-state index contributed by atoms with van der Waals surface area (Å²) in [4.78, 5) is 10.8. The third-order valence-corrected chi connectivity index (χ3v) is 2.74. The van der Waals surface area contributed by atoms with E-state index in [0.717, 1.165) is 6.07 Å². The van der Waals surface area contributed by atoms with Crippen molar-refractivity contribution in [1.29, 1.82) is 0 Å². The van der Waals surface area contributed by atoms with Crippen molar-refractivity contribution in [3.63, 3.8) is 0 Å². The Labute approximate surface area is 139 Å². The molecule has 0 aliphatic heterocycles. The maximum Gasteiger partial charge on any atom is 0.337 e. The minimum Gasteiger partial charge on any atom is -0.478 e. The first-order valence-corrected chi connectivity index (χ1v) is 6.90. The van der Waals surface area contributed by atoms with Gasteiger partial charge in [-0.3, -0.25) is 0 Å². The van der Waals surface area contributed by atoms with Crippen LogP contribution in [0.2, 0.25) is 0 Å². The first-order chi connectivity index (χ1) is 11.4. The molecule has 0 bridgehead atoms. The molecule has 0 saturated carbocycles. The second kappa shape index (κ2) is 12.6. The van der Waals surface area contributed by atoms with E-state index in [9.17, 15) is 13.6 Å². The second-order valence-corrected chi connectivity index (χ2v) is 4.39.